The third kappa shape index (κ3) is 5.50. The van der Waals surface area contributed by atoms with Gasteiger partial charge in [-0.25, -0.2) is 0 Å². The minimum Gasteiger partial charge on any atom is -0.406 e. The minimum atomic E-state index is -4.68. The van der Waals surface area contributed by atoms with Crippen molar-refractivity contribution in [3.63, 3.8) is 0 Å². The summed E-state index contributed by atoms with van der Waals surface area (Å²) in [4.78, 5) is 16.7. The summed E-state index contributed by atoms with van der Waals surface area (Å²) in [5.74, 6) is -0.294. The highest BCUT2D eigenvalue weighted by Gasteiger charge is 2.31. The Hall–Kier alpha value is -2.55. The lowest BCUT2D eigenvalue weighted by molar-refractivity contribution is -0.274. The summed E-state index contributed by atoms with van der Waals surface area (Å²) in [6.07, 6.45) is -3.01. The quantitative estimate of drug-likeness (QED) is 0.759. The zero-order valence-electron chi connectivity index (χ0n) is 16.7. The number of nitrogens with zero attached hydrogens (tertiary/aromatic N) is 4. The molecule has 1 fully saturated rings. The molecule has 9 heteroatoms. The van der Waals surface area contributed by atoms with Gasteiger partial charge in [-0.2, -0.15) is 5.10 Å². The normalized spacial score (nSPS) is 16.1. The molecule has 2 aromatic rings. The number of halogens is 3. The molecule has 1 aromatic heterocycles. The number of alkyl halides is 3. The van der Waals surface area contributed by atoms with Gasteiger partial charge in [0, 0.05) is 45.5 Å². The first kappa shape index (κ1) is 21.2. The van der Waals surface area contributed by atoms with Gasteiger partial charge in [-0.15, -0.1) is 13.2 Å². The molecule has 1 saturated heterocycles. The zero-order valence-corrected chi connectivity index (χ0v) is 16.7. The largest absolute Gasteiger partial charge is 0.573 e. The highest BCUT2D eigenvalue weighted by molar-refractivity contribution is 5.92. The van der Waals surface area contributed by atoms with Crippen molar-refractivity contribution >= 4 is 5.91 Å². The predicted molar refractivity (Wildman–Crippen MR) is 101 cm³/mol. The molecule has 29 heavy (non-hydrogen) atoms. The number of hydrogen-bond acceptors (Lipinski definition) is 4. The van der Waals surface area contributed by atoms with Crippen molar-refractivity contribution in [2.24, 2.45) is 7.05 Å². The number of carbonyl (C=O) groups excluding carboxylic acids is 1. The lowest BCUT2D eigenvalue weighted by Crippen LogP contribution is -2.45. The SMILES string of the molecule is Cc1cc(C(=O)N(C)C2CCN(Cc3ccc(OC(F)(F)F)cc3)CC2)nn1C. The Bertz CT molecular complexity index is 821. The van der Waals surface area contributed by atoms with Crippen molar-refractivity contribution in [1.82, 2.24) is 19.6 Å². The van der Waals surface area contributed by atoms with Crippen molar-refractivity contribution in [2.45, 2.75) is 38.7 Å². The number of hydrogen-bond donors (Lipinski definition) is 0. The van der Waals surface area contributed by atoms with Crippen LogP contribution in [0.15, 0.2) is 30.3 Å². The van der Waals surface area contributed by atoms with E-state index in [1.807, 2.05) is 21.0 Å². The molecule has 0 N–H and O–H groups in total. The van der Waals surface area contributed by atoms with Gasteiger partial charge in [0.25, 0.3) is 5.91 Å². The van der Waals surface area contributed by atoms with Gasteiger partial charge in [0.15, 0.2) is 5.69 Å². The van der Waals surface area contributed by atoms with Crippen LogP contribution < -0.4 is 4.74 Å². The van der Waals surface area contributed by atoms with E-state index >= 15 is 0 Å². The van der Waals surface area contributed by atoms with Crippen LogP contribution in [0, 0.1) is 6.92 Å². The summed E-state index contributed by atoms with van der Waals surface area (Å²) in [5, 5.41) is 4.26. The second-order valence-corrected chi connectivity index (χ2v) is 7.41. The molecule has 0 bridgehead atoms. The molecule has 1 aliphatic rings. The molecule has 6 nitrogen and oxygen atoms in total. The molecular weight excluding hydrogens is 385 g/mol. The monoisotopic (exact) mass is 410 g/mol. The number of aryl methyl sites for hydroxylation is 2. The Morgan fingerprint density at radius 1 is 1.24 bits per heavy atom. The van der Waals surface area contributed by atoms with Gasteiger partial charge in [0.1, 0.15) is 5.75 Å². The lowest BCUT2D eigenvalue weighted by Gasteiger charge is -2.36. The summed E-state index contributed by atoms with van der Waals surface area (Å²) in [6, 6.07) is 7.88. The molecule has 0 radical (unpaired) electrons. The molecule has 1 amide bonds. The summed E-state index contributed by atoms with van der Waals surface area (Å²) in [6.45, 7) is 4.18. The first-order chi connectivity index (χ1) is 13.6. The third-order valence-electron chi connectivity index (χ3n) is 5.32. The predicted octanol–water partition coefficient (Wildman–Crippen LogP) is 3.36. The third-order valence-corrected chi connectivity index (χ3v) is 5.32. The number of benzene rings is 1. The first-order valence-electron chi connectivity index (χ1n) is 9.47. The topological polar surface area (TPSA) is 50.6 Å². The van der Waals surface area contributed by atoms with E-state index in [-0.39, 0.29) is 17.7 Å². The number of amides is 1. The molecule has 0 spiro atoms. The number of aromatic nitrogens is 2. The average molecular weight is 410 g/mol. The molecular formula is C20H25F3N4O2. The molecule has 0 atom stereocenters. The van der Waals surface area contributed by atoms with Crippen molar-refractivity contribution in [3.8, 4) is 5.75 Å². The fraction of sp³-hybridized carbons (Fsp3) is 0.500. The van der Waals surface area contributed by atoms with Crippen molar-refractivity contribution < 1.29 is 22.7 Å². The zero-order chi connectivity index (χ0) is 21.2. The summed E-state index contributed by atoms with van der Waals surface area (Å²) < 4.78 is 42.3. The fourth-order valence-corrected chi connectivity index (χ4v) is 3.53. The maximum Gasteiger partial charge on any atom is 0.573 e. The Labute approximate surface area is 167 Å². The van der Waals surface area contributed by atoms with Crippen LogP contribution in [0.25, 0.3) is 0 Å². The lowest BCUT2D eigenvalue weighted by atomic mass is 10.0. The van der Waals surface area contributed by atoms with Crippen LogP contribution in [0.2, 0.25) is 0 Å². The molecule has 1 aromatic carbocycles. The van der Waals surface area contributed by atoms with E-state index in [0.29, 0.717) is 12.2 Å². The average Bonchev–Trinajstić information content (AvgIpc) is 3.00. The summed E-state index contributed by atoms with van der Waals surface area (Å²) in [7, 11) is 3.62. The van der Waals surface area contributed by atoms with Gasteiger partial charge in [-0.05, 0) is 43.5 Å². The Kier molecular flexibility index (Phi) is 6.16. The molecule has 0 aliphatic carbocycles. The van der Waals surface area contributed by atoms with Gasteiger partial charge in [0.05, 0.1) is 0 Å². The van der Waals surface area contributed by atoms with Gasteiger partial charge in [0.2, 0.25) is 0 Å². The molecule has 3 rings (SSSR count). The highest BCUT2D eigenvalue weighted by atomic mass is 19.4. The number of ether oxygens (including phenoxy) is 1. The van der Waals surface area contributed by atoms with E-state index in [1.54, 1.807) is 27.8 Å². The first-order valence-corrected chi connectivity index (χ1v) is 9.47. The van der Waals surface area contributed by atoms with Crippen LogP contribution in [0.3, 0.4) is 0 Å². The maximum atomic E-state index is 12.7. The van der Waals surface area contributed by atoms with E-state index < -0.39 is 6.36 Å². The molecule has 0 saturated carbocycles. The van der Waals surface area contributed by atoms with Crippen LogP contribution in [-0.2, 0) is 13.6 Å². The van der Waals surface area contributed by atoms with E-state index in [0.717, 1.165) is 37.2 Å². The van der Waals surface area contributed by atoms with Gasteiger partial charge in [-0.3, -0.25) is 14.4 Å². The highest BCUT2D eigenvalue weighted by Crippen LogP contribution is 2.24. The number of carbonyl (C=O) groups is 1. The van der Waals surface area contributed by atoms with Crippen LogP contribution in [0.4, 0.5) is 13.2 Å². The summed E-state index contributed by atoms with van der Waals surface area (Å²) in [5.41, 5.74) is 2.31. The number of likely N-dealkylation sites (tertiary alicyclic amines) is 1. The van der Waals surface area contributed by atoms with E-state index in [2.05, 4.69) is 14.7 Å². The number of rotatable bonds is 5. The van der Waals surface area contributed by atoms with Crippen molar-refractivity contribution in [2.75, 3.05) is 20.1 Å². The van der Waals surface area contributed by atoms with Crippen molar-refractivity contribution in [3.05, 3.63) is 47.3 Å². The Morgan fingerprint density at radius 3 is 2.38 bits per heavy atom. The minimum absolute atomic E-state index is 0.0765. The van der Waals surface area contributed by atoms with Gasteiger partial charge >= 0.3 is 6.36 Å². The molecule has 0 unspecified atom stereocenters. The van der Waals surface area contributed by atoms with Crippen molar-refractivity contribution in [1.29, 1.82) is 0 Å². The Balaban J connectivity index is 1.50. The molecule has 1 aliphatic heterocycles. The number of piperidine rings is 1. The second kappa shape index (κ2) is 8.44. The standard InChI is InChI=1S/C20H25F3N4O2/c1-14-12-18(24-26(14)3)19(28)25(2)16-8-10-27(11-9-16)13-15-4-6-17(7-5-15)29-20(21,22)23/h4-7,12,16H,8-11,13H2,1-3H3. The maximum absolute atomic E-state index is 12.7. The molecule has 158 valence electrons. The van der Waals surface area contributed by atoms with Crippen LogP contribution in [0.1, 0.15) is 34.6 Å². The second-order valence-electron chi connectivity index (χ2n) is 7.41. The van der Waals surface area contributed by atoms with Crippen LogP contribution >= 0.6 is 0 Å². The molecule has 2 heterocycles. The van der Waals surface area contributed by atoms with E-state index in [9.17, 15) is 18.0 Å². The van der Waals surface area contributed by atoms with Gasteiger partial charge in [-0.1, -0.05) is 12.1 Å². The fourth-order valence-electron chi connectivity index (χ4n) is 3.53. The Morgan fingerprint density at radius 2 is 1.86 bits per heavy atom. The summed E-state index contributed by atoms with van der Waals surface area (Å²) >= 11 is 0. The van der Waals surface area contributed by atoms with E-state index in [1.165, 1.54) is 12.1 Å². The smallest absolute Gasteiger partial charge is 0.406 e. The van der Waals surface area contributed by atoms with Crippen LogP contribution in [-0.4, -0.2) is 58.0 Å². The van der Waals surface area contributed by atoms with Gasteiger partial charge < -0.3 is 9.64 Å². The van der Waals surface area contributed by atoms with Crippen LogP contribution in [0.5, 0.6) is 5.75 Å². The van der Waals surface area contributed by atoms with E-state index in [4.69, 9.17) is 0 Å².